The molecule has 3 atom stereocenters. The number of phenols is 1. The molecule has 0 saturated heterocycles. The highest BCUT2D eigenvalue weighted by atomic mass is 19.4. The fraction of sp³-hybridized carbons (Fsp3) is 0.618. The summed E-state index contributed by atoms with van der Waals surface area (Å²) in [4.78, 5) is 13.8. The molecule has 0 aliphatic heterocycles. The van der Waals surface area contributed by atoms with Crippen molar-refractivity contribution < 1.29 is 37.7 Å². The van der Waals surface area contributed by atoms with Gasteiger partial charge in [-0.2, -0.15) is 13.2 Å². The van der Waals surface area contributed by atoms with Crippen LogP contribution in [0.5, 0.6) is 11.5 Å². The molecule has 0 bridgehead atoms. The van der Waals surface area contributed by atoms with Gasteiger partial charge in [0.15, 0.2) is 17.1 Å². The minimum absolute atomic E-state index is 0.00958. The highest BCUT2D eigenvalue weighted by molar-refractivity contribution is 5.77. The SMILES string of the molecule is CCC1(OC(=O)C(C)(CC)CC(CC(C)(C)c2ccc(C(C)(O)C(F)(F)F)cc2)c2ccc(O)c(OC)c2)CCCC1. The van der Waals surface area contributed by atoms with E-state index in [9.17, 15) is 28.2 Å². The maximum Gasteiger partial charge on any atom is 0.421 e. The molecule has 3 unspecified atom stereocenters. The number of methoxy groups -OCH3 is 1. The molecule has 1 aliphatic carbocycles. The van der Waals surface area contributed by atoms with Gasteiger partial charge in [0.05, 0.1) is 12.5 Å². The lowest BCUT2D eigenvalue weighted by Gasteiger charge is -2.38. The summed E-state index contributed by atoms with van der Waals surface area (Å²) in [5.74, 6) is -0.0480. The Kier molecular flexibility index (Phi) is 10.0. The standard InChI is InChI=1S/C34H47F3O5/c1-8-31(5,29(39)42-33(9-2)18-10-11-19-33)22-24(23-12-17-27(38)28(20-23)41-7)21-30(3,4)25-13-15-26(16-14-25)32(6,40)34(35,36)37/h12-17,20,24,38,40H,8-11,18-19,21-22H2,1-7H3. The third-order valence-electron chi connectivity index (χ3n) is 9.65. The molecule has 0 radical (unpaired) electrons. The van der Waals surface area contributed by atoms with Crippen LogP contribution in [0.4, 0.5) is 13.2 Å². The number of aromatic hydroxyl groups is 1. The second-order valence-corrected chi connectivity index (χ2v) is 13.1. The number of carbonyl (C=O) groups excluding carboxylic acids is 1. The first-order chi connectivity index (χ1) is 19.4. The number of halogens is 3. The highest BCUT2D eigenvalue weighted by Crippen LogP contribution is 2.47. The summed E-state index contributed by atoms with van der Waals surface area (Å²) < 4.78 is 51.9. The summed E-state index contributed by atoms with van der Waals surface area (Å²) in [5.41, 5.74) is -3.22. The van der Waals surface area contributed by atoms with Crippen molar-refractivity contribution in [2.24, 2.45) is 5.41 Å². The minimum atomic E-state index is -4.80. The highest BCUT2D eigenvalue weighted by Gasteiger charge is 2.51. The van der Waals surface area contributed by atoms with Gasteiger partial charge >= 0.3 is 12.1 Å². The number of benzene rings is 2. The van der Waals surface area contributed by atoms with Gasteiger partial charge in [-0.3, -0.25) is 4.79 Å². The first-order valence-corrected chi connectivity index (χ1v) is 14.9. The van der Waals surface area contributed by atoms with Crippen LogP contribution in [0.3, 0.4) is 0 Å². The number of carbonyl (C=O) groups is 1. The van der Waals surface area contributed by atoms with Crippen molar-refractivity contribution in [2.45, 2.75) is 122 Å². The molecule has 2 aromatic rings. The molecular weight excluding hydrogens is 545 g/mol. The third kappa shape index (κ3) is 7.07. The van der Waals surface area contributed by atoms with Crippen LogP contribution >= 0.6 is 0 Å². The number of phenolic OH excluding ortho intramolecular Hbond substituents is 1. The molecule has 2 N–H and O–H groups in total. The quantitative estimate of drug-likeness (QED) is 0.241. The van der Waals surface area contributed by atoms with Crippen LogP contribution in [0, 0.1) is 5.41 Å². The molecule has 3 rings (SSSR count). The third-order valence-corrected chi connectivity index (χ3v) is 9.65. The Morgan fingerprint density at radius 1 is 0.952 bits per heavy atom. The number of rotatable bonds is 12. The van der Waals surface area contributed by atoms with Crippen molar-refractivity contribution in [3.05, 3.63) is 59.2 Å². The molecule has 42 heavy (non-hydrogen) atoms. The summed E-state index contributed by atoms with van der Waals surface area (Å²) in [7, 11) is 1.48. The summed E-state index contributed by atoms with van der Waals surface area (Å²) in [6.45, 7) is 10.8. The Balaban J connectivity index is 1.97. The van der Waals surface area contributed by atoms with Crippen LogP contribution in [0.1, 0.15) is 116 Å². The van der Waals surface area contributed by atoms with Crippen molar-refractivity contribution in [3.63, 3.8) is 0 Å². The number of aliphatic hydroxyl groups is 1. The van der Waals surface area contributed by atoms with Crippen LogP contribution in [-0.2, 0) is 20.5 Å². The first kappa shape index (κ1) is 33.8. The van der Waals surface area contributed by atoms with Gasteiger partial charge in [0.25, 0.3) is 0 Å². The van der Waals surface area contributed by atoms with E-state index >= 15 is 0 Å². The van der Waals surface area contributed by atoms with Gasteiger partial charge in [-0.1, -0.05) is 58.0 Å². The average Bonchev–Trinajstić information content (AvgIpc) is 3.41. The van der Waals surface area contributed by atoms with E-state index in [1.165, 1.54) is 19.2 Å². The van der Waals surface area contributed by atoms with Gasteiger partial charge in [-0.25, -0.2) is 0 Å². The maximum absolute atomic E-state index is 13.8. The molecule has 0 spiro atoms. The van der Waals surface area contributed by atoms with Gasteiger partial charge < -0.3 is 19.7 Å². The molecule has 0 amide bonds. The predicted molar refractivity (Wildman–Crippen MR) is 158 cm³/mol. The number of alkyl halides is 3. The molecule has 0 aromatic heterocycles. The molecule has 0 heterocycles. The average molecular weight is 593 g/mol. The van der Waals surface area contributed by atoms with E-state index in [0.717, 1.165) is 50.2 Å². The monoisotopic (exact) mass is 592 g/mol. The van der Waals surface area contributed by atoms with Gasteiger partial charge in [0, 0.05) is 0 Å². The Bertz CT molecular complexity index is 1210. The second-order valence-electron chi connectivity index (χ2n) is 13.1. The van der Waals surface area contributed by atoms with Crippen molar-refractivity contribution in [1.29, 1.82) is 0 Å². The first-order valence-electron chi connectivity index (χ1n) is 14.9. The summed E-state index contributed by atoms with van der Waals surface area (Å²) in [6.07, 6.45) is 1.41. The van der Waals surface area contributed by atoms with Crippen LogP contribution < -0.4 is 4.74 Å². The Labute approximate surface area is 248 Å². The van der Waals surface area contributed by atoms with E-state index in [2.05, 4.69) is 6.92 Å². The second kappa shape index (κ2) is 12.5. The van der Waals surface area contributed by atoms with Gasteiger partial charge in [0.1, 0.15) is 5.60 Å². The van der Waals surface area contributed by atoms with Gasteiger partial charge in [0.2, 0.25) is 0 Å². The molecule has 1 saturated carbocycles. The molecule has 2 aromatic carbocycles. The molecular formula is C34H47F3O5. The van der Waals surface area contributed by atoms with Crippen molar-refractivity contribution >= 4 is 5.97 Å². The Hall–Kier alpha value is -2.74. The maximum atomic E-state index is 13.8. The van der Waals surface area contributed by atoms with Gasteiger partial charge in [-0.05, 0) is 105 Å². The van der Waals surface area contributed by atoms with Crippen molar-refractivity contribution in [1.82, 2.24) is 0 Å². The number of hydrogen-bond donors (Lipinski definition) is 2. The van der Waals surface area contributed by atoms with Crippen LogP contribution in [0.2, 0.25) is 0 Å². The molecule has 8 heteroatoms. The smallest absolute Gasteiger partial charge is 0.421 e. The van der Waals surface area contributed by atoms with E-state index < -0.39 is 28.2 Å². The van der Waals surface area contributed by atoms with E-state index in [0.29, 0.717) is 25.0 Å². The molecule has 1 fully saturated rings. The zero-order valence-electron chi connectivity index (χ0n) is 26.0. The number of ether oxygens (including phenoxy) is 2. The van der Waals surface area contributed by atoms with E-state index in [-0.39, 0.29) is 23.2 Å². The number of esters is 1. The van der Waals surface area contributed by atoms with Crippen LogP contribution in [-0.4, -0.2) is 35.1 Å². The summed E-state index contributed by atoms with van der Waals surface area (Å²) >= 11 is 0. The van der Waals surface area contributed by atoms with Crippen LogP contribution in [0.25, 0.3) is 0 Å². The van der Waals surface area contributed by atoms with E-state index in [4.69, 9.17) is 9.47 Å². The topological polar surface area (TPSA) is 76.0 Å². The lowest BCUT2D eigenvalue weighted by Crippen LogP contribution is -2.40. The zero-order valence-corrected chi connectivity index (χ0v) is 26.0. The predicted octanol–water partition coefficient (Wildman–Crippen LogP) is 8.69. The summed E-state index contributed by atoms with van der Waals surface area (Å²) in [6, 6.07) is 11.1. The fourth-order valence-electron chi connectivity index (χ4n) is 6.18. The lowest BCUT2D eigenvalue weighted by molar-refractivity contribution is -0.258. The Morgan fingerprint density at radius 2 is 1.52 bits per heavy atom. The minimum Gasteiger partial charge on any atom is -0.504 e. The normalized spacial score (nSPS) is 19.0. The van der Waals surface area contributed by atoms with Crippen molar-refractivity contribution in [2.75, 3.05) is 7.11 Å². The zero-order chi connectivity index (χ0) is 31.6. The molecule has 5 nitrogen and oxygen atoms in total. The van der Waals surface area contributed by atoms with E-state index in [1.54, 1.807) is 24.3 Å². The van der Waals surface area contributed by atoms with Gasteiger partial charge in [-0.15, -0.1) is 0 Å². The lowest BCUT2D eigenvalue weighted by atomic mass is 9.69. The van der Waals surface area contributed by atoms with Crippen LogP contribution in [0.15, 0.2) is 42.5 Å². The Morgan fingerprint density at radius 3 is 2.02 bits per heavy atom. The molecule has 1 aliphatic rings. The fourth-order valence-corrected chi connectivity index (χ4v) is 6.18. The summed E-state index contributed by atoms with van der Waals surface area (Å²) in [5, 5.41) is 20.4. The molecule has 234 valence electrons. The largest absolute Gasteiger partial charge is 0.504 e. The number of hydrogen-bond acceptors (Lipinski definition) is 5. The van der Waals surface area contributed by atoms with E-state index in [1.807, 2.05) is 33.8 Å². The van der Waals surface area contributed by atoms with Crippen molar-refractivity contribution in [3.8, 4) is 11.5 Å².